The van der Waals surface area contributed by atoms with Crippen LogP contribution in [0.15, 0.2) is 23.1 Å². The lowest BCUT2D eigenvalue weighted by molar-refractivity contribution is 0.233. The van der Waals surface area contributed by atoms with Gasteiger partial charge in [-0.3, -0.25) is 0 Å². The Kier molecular flexibility index (Phi) is 4.11. The number of benzene rings is 1. The minimum atomic E-state index is -3.60. The Morgan fingerprint density at radius 3 is 2.79 bits per heavy atom. The highest BCUT2D eigenvalue weighted by atomic mass is 35.5. The minimum Gasteiger partial charge on any atom is -0.396 e. The molecule has 7 heteroatoms. The summed E-state index contributed by atoms with van der Waals surface area (Å²) < 4.78 is 26.0. The molecule has 1 aliphatic heterocycles. The summed E-state index contributed by atoms with van der Waals surface area (Å²) in [6, 6.07) is 5.96. The van der Waals surface area contributed by atoms with Gasteiger partial charge in [-0.15, -0.1) is 0 Å². The largest absolute Gasteiger partial charge is 0.396 e. The van der Waals surface area contributed by atoms with Crippen molar-refractivity contribution in [1.82, 2.24) is 4.31 Å². The Morgan fingerprint density at radius 2 is 2.26 bits per heavy atom. The van der Waals surface area contributed by atoms with Crippen molar-refractivity contribution in [3.05, 3.63) is 28.8 Å². The summed E-state index contributed by atoms with van der Waals surface area (Å²) in [4.78, 5) is 0.0788. The van der Waals surface area contributed by atoms with Crippen LogP contribution in [0.4, 0.5) is 0 Å². The Morgan fingerprint density at radius 1 is 1.53 bits per heavy atom. The zero-order valence-electron chi connectivity index (χ0n) is 10.1. The summed E-state index contributed by atoms with van der Waals surface area (Å²) in [7, 11) is -3.60. The maximum atomic E-state index is 12.4. The van der Waals surface area contributed by atoms with E-state index in [0.717, 1.165) is 0 Å². The van der Waals surface area contributed by atoms with Crippen LogP contribution in [-0.4, -0.2) is 37.5 Å². The molecule has 1 unspecified atom stereocenters. The number of halogens is 1. The highest BCUT2D eigenvalue weighted by Gasteiger charge is 2.32. The van der Waals surface area contributed by atoms with Crippen LogP contribution in [0.1, 0.15) is 12.0 Å². The summed E-state index contributed by atoms with van der Waals surface area (Å²) in [6.07, 6.45) is 0.653. The van der Waals surface area contributed by atoms with E-state index < -0.39 is 10.0 Å². The summed E-state index contributed by atoms with van der Waals surface area (Å²) >= 11 is 5.85. The summed E-state index contributed by atoms with van der Waals surface area (Å²) in [5.41, 5.74) is 0.246. The fourth-order valence-electron chi connectivity index (χ4n) is 2.06. The lowest BCUT2D eigenvalue weighted by atomic mass is 10.1. The van der Waals surface area contributed by atoms with E-state index >= 15 is 0 Å². The van der Waals surface area contributed by atoms with E-state index in [1.54, 1.807) is 0 Å². The van der Waals surface area contributed by atoms with Gasteiger partial charge in [0.05, 0.1) is 15.5 Å². The lowest BCUT2D eigenvalue weighted by Crippen LogP contribution is -2.29. The van der Waals surface area contributed by atoms with Gasteiger partial charge in [-0.1, -0.05) is 11.6 Å². The van der Waals surface area contributed by atoms with E-state index in [0.29, 0.717) is 19.5 Å². The number of sulfonamides is 1. The first kappa shape index (κ1) is 14.3. The third kappa shape index (κ3) is 2.74. The predicted octanol–water partition coefficient (Wildman–Crippen LogP) is 1.21. The van der Waals surface area contributed by atoms with Crippen molar-refractivity contribution in [2.45, 2.75) is 11.3 Å². The quantitative estimate of drug-likeness (QED) is 0.910. The first-order valence-corrected chi connectivity index (χ1v) is 7.61. The summed E-state index contributed by atoms with van der Waals surface area (Å²) in [5, 5.41) is 17.9. The van der Waals surface area contributed by atoms with Gasteiger partial charge in [0.1, 0.15) is 6.07 Å². The average Bonchev–Trinajstić information content (AvgIpc) is 2.88. The fourth-order valence-corrected chi connectivity index (χ4v) is 3.91. The molecule has 0 aliphatic carbocycles. The lowest BCUT2D eigenvalue weighted by Gasteiger charge is -2.16. The molecule has 1 fully saturated rings. The summed E-state index contributed by atoms with van der Waals surface area (Å²) in [6.45, 7) is 0.696. The molecule has 0 bridgehead atoms. The highest BCUT2D eigenvalue weighted by Crippen LogP contribution is 2.26. The number of rotatable bonds is 3. The molecule has 19 heavy (non-hydrogen) atoms. The molecule has 1 aliphatic rings. The molecule has 1 atom stereocenters. The van der Waals surface area contributed by atoms with Crippen LogP contribution < -0.4 is 0 Å². The van der Waals surface area contributed by atoms with Crippen molar-refractivity contribution in [2.24, 2.45) is 5.92 Å². The van der Waals surface area contributed by atoms with Crippen LogP contribution >= 0.6 is 11.6 Å². The Hall–Kier alpha value is -1.13. The molecular weight excluding hydrogens is 288 g/mol. The van der Waals surface area contributed by atoms with Gasteiger partial charge >= 0.3 is 0 Å². The standard InChI is InChI=1S/C12H13ClN2O3S/c13-12-5-11(2-1-10(12)6-14)19(17,18)15-4-3-9(7-15)8-16/h1-2,5,9,16H,3-4,7-8H2. The molecule has 0 aromatic heterocycles. The number of hydrogen-bond donors (Lipinski definition) is 1. The smallest absolute Gasteiger partial charge is 0.243 e. The molecular formula is C12H13ClN2O3S. The van der Waals surface area contributed by atoms with Crippen LogP contribution in [0.25, 0.3) is 0 Å². The number of hydrogen-bond acceptors (Lipinski definition) is 4. The second-order valence-electron chi connectivity index (χ2n) is 4.45. The number of aliphatic hydroxyl groups excluding tert-OH is 1. The molecule has 0 spiro atoms. The van der Waals surface area contributed by atoms with Crippen molar-refractivity contribution in [3.63, 3.8) is 0 Å². The molecule has 2 rings (SSSR count). The number of nitrogens with zero attached hydrogens (tertiary/aromatic N) is 2. The first-order valence-electron chi connectivity index (χ1n) is 5.79. The van der Waals surface area contributed by atoms with Crippen LogP contribution in [0.3, 0.4) is 0 Å². The molecule has 1 heterocycles. The minimum absolute atomic E-state index is 0.0105. The third-order valence-corrected chi connectivity index (χ3v) is 5.38. The topological polar surface area (TPSA) is 81.4 Å². The van der Waals surface area contributed by atoms with E-state index in [1.165, 1.54) is 22.5 Å². The van der Waals surface area contributed by atoms with E-state index in [9.17, 15) is 8.42 Å². The van der Waals surface area contributed by atoms with Gasteiger partial charge < -0.3 is 5.11 Å². The molecule has 102 valence electrons. The predicted molar refractivity (Wildman–Crippen MR) is 70.1 cm³/mol. The van der Waals surface area contributed by atoms with Gasteiger partial charge in [-0.25, -0.2) is 8.42 Å². The first-order chi connectivity index (χ1) is 8.98. The molecule has 1 aromatic rings. The average molecular weight is 301 g/mol. The van der Waals surface area contributed by atoms with E-state index in [2.05, 4.69) is 0 Å². The van der Waals surface area contributed by atoms with Crippen LogP contribution in [0.2, 0.25) is 5.02 Å². The molecule has 1 N–H and O–H groups in total. The third-order valence-electron chi connectivity index (χ3n) is 3.21. The monoisotopic (exact) mass is 300 g/mol. The fraction of sp³-hybridized carbons (Fsp3) is 0.417. The van der Waals surface area contributed by atoms with Crippen LogP contribution in [0.5, 0.6) is 0 Å². The van der Waals surface area contributed by atoms with Crippen LogP contribution in [-0.2, 0) is 10.0 Å². The maximum Gasteiger partial charge on any atom is 0.243 e. The van der Waals surface area contributed by atoms with Crippen molar-refractivity contribution in [3.8, 4) is 6.07 Å². The molecule has 1 aromatic carbocycles. The van der Waals surface area contributed by atoms with Gasteiger partial charge in [0.25, 0.3) is 0 Å². The Bertz CT molecular complexity index is 624. The van der Waals surface area contributed by atoms with Crippen molar-refractivity contribution in [2.75, 3.05) is 19.7 Å². The van der Waals surface area contributed by atoms with Crippen molar-refractivity contribution < 1.29 is 13.5 Å². The van der Waals surface area contributed by atoms with Crippen LogP contribution in [0, 0.1) is 17.2 Å². The molecule has 0 amide bonds. The second-order valence-corrected chi connectivity index (χ2v) is 6.80. The van der Waals surface area contributed by atoms with E-state index in [4.69, 9.17) is 22.0 Å². The Labute approximate surface area is 117 Å². The van der Waals surface area contributed by atoms with Gasteiger partial charge in [0.2, 0.25) is 10.0 Å². The van der Waals surface area contributed by atoms with Crippen molar-refractivity contribution >= 4 is 21.6 Å². The maximum absolute atomic E-state index is 12.4. The highest BCUT2D eigenvalue weighted by molar-refractivity contribution is 7.89. The molecule has 0 saturated carbocycles. The summed E-state index contributed by atoms with van der Waals surface area (Å²) in [5.74, 6) is -0.0105. The van der Waals surface area contributed by atoms with Gasteiger partial charge in [0, 0.05) is 19.7 Å². The van der Waals surface area contributed by atoms with Gasteiger partial charge in [0.15, 0.2) is 0 Å². The van der Waals surface area contributed by atoms with Crippen molar-refractivity contribution in [1.29, 1.82) is 5.26 Å². The second kappa shape index (κ2) is 5.47. The molecule has 5 nitrogen and oxygen atoms in total. The SMILES string of the molecule is N#Cc1ccc(S(=O)(=O)N2CCC(CO)C2)cc1Cl. The van der Waals surface area contributed by atoms with Gasteiger partial charge in [-0.05, 0) is 30.5 Å². The zero-order valence-corrected chi connectivity index (χ0v) is 11.7. The van der Waals surface area contributed by atoms with E-state index in [1.807, 2.05) is 6.07 Å². The normalized spacial score (nSPS) is 20.4. The number of aliphatic hydroxyl groups is 1. The molecule has 1 saturated heterocycles. The molecule has 0 radical (unpaired) electrons. The van der Waals surface area contributed by atoms with Gasteiger partial charge in [-0.2, -0.15) is 9.57 Å². The van der Waals surface area contributed by atoms with E-state index in [-0.39, 0.29) is 28.0 Å². The Balaban J connectivity index is 2.31. The zero-order chi connectivity index (χ0) is 14.0. The number of nitriles is 1.